The summed E-state index contributed by atoms with van der Waals surface area (Å²) in [5, 5.41) is 0. The number of nitrogens with zero attached hydrogens (tertiary/aromatic N) is 1. The lowest BCUT2D eigenvalue weighted by Gasteiger charge is -2.12. The monoisotopic (exact) mass is 449 g/mol. The minimum Gasteiger partial charge on any atom is -0.488 e. The molecule has 0 N–H and O–H groups in total. The molecule has 5 nitrogen and oxygen atoms in total. The van der Waals surface area contributed by atoms with Gasteiger partial charge in [0.05, 0.1) is 16.6 Å². The van der Waals surface area contributed by atoms with Crippen molar-refractivity contribution in [3.8, 4) is 11.5 Å². The van der Waals surface area contributed by atoms with Crippen LogP contribution < -0.4 is 9.47 Å². The van der Waals surface area contributed by atoms with Crippen LogP contribution in [0.25, 0.3) is 0 Å². The number of rotatable bonds is 6. The van der Waals surface area contributed by atoms with Crippen molar-refractivity contribution >= 4 is 37.1 Å². The van der Waals surface area contributed by atoms with Gasteiger partial charge >= 0.3 is 0 Å². The molecule has 2 aromatic rings. The van der Waals surface area contributed by atoms with Gasteiger partial charge in [-0.25, -0.2) is 13.4 Å². The van der Waals surface area contributed by atoms with E-state index in [1.165, 1.54) is 13.1 Å². The van der Waals surface area contributed by atoms with Gasteiger partial charge in [-0.15, -0.1) is 0 Å². The summed E-state index contributed by atoms with van der Waals surface area (Å²) in [5.74, 6) is -11.4. The van der Waals surface area contributed by atoms with E-state index in [9.17, 15) is 26.0 Å². The summed E-state index contributed by atoms with van der Waals surface area (Å²) in [6, 6.07) is 0. The van der Waals surface area contributed by atoms with Gasteiger partial charge in [-0.1, -0.05) is 11.3 Å². The Hall–Kier alpha value is -1.40. The number of hydrogen-bond donors (Lipinski definition) is 0. The molecule has 0 aliphatic heterocycles. The van der Waals surface area contributed by atoms with E-state index in [-0.39, 0.29) is 10.9 Å². The Kier molecular flexibility index (Phi) is 5.71. The molecule has 132 valence electrons. The minimum atomic E-state index is -4.17. The maximum Gasteiger partial charge on any atom is 0.240 e. The van der Waals surface area contributed by atoms with Crippen molar-refractivity contribution in [1.82, 2.24) is 4.98 Å². The predicted octanol–water partition coefficient (Wildman–Crippen LogP) is 3.67. The normalized spacial score (nSPS) is 11.6. The summed E-state index contributed by atoms with van der Waals surface area (Å²) in [5.41, 5.74) is 0. The van der Waals surface area contributed by atoms with E-state index in [1.54, 1.807) is 0 Å². The molecule has 0 unspecified atom stereocenters. The molecule has 0 spiro atoms. The molecule has 24 heavy (non-hydrogen) atoms. The van der Waals surface area contributed by atoms with Crippen LogP contribution in [0, 0.1) is 23.3 Å². The summed E-state index contributed by atoms with van der Waals surface area (Å²) >= 11 is 3.74. The molecule has 2 rings (SSSR count). The summed E-state index contributed by atoms with van der Waals surface area (Å²) in [6.07, 6.45) is 1.20. The zero-order chi connectivity index (χ0) is 18.1. The lowest BCUT2D eigenvalue weighted by molar-refractivity contribution is 0.266. The molecule has 12 heteroatoms. The topological polar surface area (TPSA) is 65.5 Å². The lowest BCUT2D eigenvalue weighted by Crippen LogP contribution is -2.15. The van der Waals surface area contributed by atoms with Crippen molar-refractivity contribution in [3.63, 3.8) is 0 Å². The highest BCUT2D eigenvalue weighted by molar-refractivity contribution is 9.11. The fourth-order valence-electron chi connectivity index (χ4n) is 1.56. The van der Waals surface area contributed by atoms with E-state index >= 15 is 0 Å². The molecule has 1 aromatic heterocycles. The van der Waals surface area contributed by atoms with Crippen molar-refractivity contribution in [2.45, 2.75) is 11.3 Å². The molecule has 0 radical (unpaired) electrons. The molecule has 1 aromatic carbocycles. The second-order valence-corrected chi connectivity index (χ2v) is 8.67. The fraction of sp³-hybridized carbons (Fsp3) is 0.250. The maximum atomic E-state index is 13.8. The van der Waals surface area contributed by atoms with Crippen LogP contribution in [-0.2, 0) is 9.84 Å². The van der Waals surface area contributed by atoms with Crippen molar-refractivity contribution in [3.05, 3.63) is 33.3 Å². The van der Waals surface area contributed by atoms with Crippen LogP contribution in [0.3, 0.4) is 0 Å². The lowest BCUT2D eigenvalue weighted by atomic mass is 10.2. The number of ether oxygens (including phenoxy) is 2. The van der Waals surface area contributed by atoms with Crippen LogP contribution in [0.4, 0.5) is 17.6 Å². The summed E-state index contributed by atoms with van der Waals surface area (Å²) in [7, 11) is -4.17. The van der Waals surface area contributed by atoms with Crippen molar-refractivity contribution in [2.75, 3.05) is 12.5 Å². The molecule has 0 bridgehead atoms. The van der Waals surface area contributed by atoms with Gasteiger partial charge in [0.25, 0.3) is 0 Å². The van der Waals surface area contributed by atoms with E-state index in [2.05, 4.69) is 30.4 Å². The molecular formula is C12H8BrF4NO4S2. The largest absolute Gasteiger partial charge is 0.488 e. The van der Waals surface area contributed by atoms with Gasteiger partial charge in [-0.3, -0.25) is 0 Å². The smallest absolute Gasteiger partial charge is 0.240 e. The van der Waals surface area contributed by atoms with E-state index < -0.39 is 50.5 Å². The molecule has 1 heterocycles. The number of halogens is 5. The third kappa shape index (κ3) is 3.64. The molecular weight excluding hydrogens is 442 g/mol. The summed E-state index contributed by atoms with van der Waals surface area (Å²) in [4.78, 5) is 3.57. The van der Waals surface area contributed by atoms with Crippen molar-refractivity contribution in [2.24, 2.45) is 0 Å². The number of benzene rings is 1. The third-order valence-electron chi connectivity index (χ3n) is 2.55. The van der Waals surface area contributed by atoms with E-state index in [4.69, 9.17) is 0 Å². The summed E-state index contributed by atoms with van der Waals surface area (Å²) < 4.78 is 87.8. The average Bonchev–Trinajstić information content (AvgIpc) is 2.97. The first kappa shape index (κ1) is 18.9. The van der Waals surface area contributed by atoms with Crippen LogP contribution in [0.15, 0.2) is 14.3 Å². The Bertz CT molecular complexity index is 843. The van der Waals surface area contributed by atoms with Gasteiger partial charge in [-0.05, 0) is 22.9 Å². The Labute approximate surface area is 146 Å². The minimum absolute atomic E-state index is 0.236. The van der Waals surface area contributed by atoms with Crippen LogP contribution in [0.2, 0.25) is 0 Å². The quantitative estimate of drug-likeness (QED) is 0.497. The van der Waals surface area contributed by atoms with E-state index in [1.807, 2.05) is 0 Å². The standard InChI is InChI=1S/C12H8BrF4NO4S2/c1-2-21-10-6(14)8(16)11(9(17)7(10)15)22-4-24(19,20)12-18-3-5(13)23-12/h3H,2,4H2,1H3. The van der Waals surface area contributed by atoms with Crippen LogP contribution in [0.5, 0.6) is 11.5 Å². The predicted molar refractivity (Wildman–Crippen MR) is 79.9 cm³/mol. The molecule has 0 saturated carbocycles. The summed E-state index contributed by atoms with van der Waals surface area (Å²) in [6.45, 7) is 1.12. The molecule has 0 atom stereocenters. The van der Waals surface area contributed by atoms with E-state index in [0.717, 1.165) is 11.3 Å². The van der Waals surface area contributed by atoms with Crippen molar-refractivity contribution in [1.29, 1.82) is 0 Å². The van der Waals surface area contributed by atoms with Crippen LogP contribution >= 0.6 is 27.3 Å². The zero-order valence-electron chi connectivity index (χ0n) is 11.8. The fourth-order valence-corrected chi connectivity index (χ4v) is 4.33. The molecule has 0 saturated heterocycles. The van der Waals surface area contributed by atoms with Gasteiger partial charge in [-0.2, -0.15) is 17.6 Å². The molecule has 0 amide bonds. The average molecular weight is 450 g/mol. The Morgan fingerprint density at radius 1 is 1.08 bits per heavy atom. The van der Waals surface area contributed by atoms with Gasteiger partial charge in [0, 0.05) is 0 Å². The van der Waals surface area contributed by atoms with Gasteiger partial charge in [0.15, 0.2) is 17.4 Å². The third-order valence-corrected chi connectivity index (χ3v) is 5.90. The SMILES string of the molecule is CCOc1c(F)c(F)c(OCS(=O)(=O)c2ncc(Br)s2)c(F)c1F. The highest BCUT2D eigenvalue weighted by Crippen LogP contribution is 2.35. The Balaban J connectivity index is 2.34. The first-order valence-corrected chi connectivity index (χ1v) is 9.40. The highest BCUT2D eigenvalue weighted by atomic mass is 79.9. The number of hydrogen-bond acceptors (Lipinski definition) is 6. The van der Waals surface area contributed by atoms with Crippen molar-refractivity contribution < 1.29 is 35.5 Å². The van der Waals surface area contributed by atoms with Gasteiger partial charge in [0.2, 0.25) is 37.4 Å². The maximum absolute atomic E-state index is 13.8. The second kappa shape index (κ2) is 7.23. The number of aromatic nitrogens is 1. The van der Waals surface area contributed by atoms with Gasteiger partial charge < -0.3 is 9.47 Å². The first-order valence-electron chi connectivity index (χ1n) is 6.14. The van der Waals surface area contributed by atoms with Crippen LogP contribution in [0.1, 0.15) is 6.92 Å². The number of sulfone groups is 1. The highest BCUT2D eigenvalue weighted by Gasteiger charge is 2.29. The first-order chi connectivity index (χ1) is 11.2. The zero-order valence-corrected chi connectivity index (χ0v) is 15.0. The van der Waals surface area contributed by atoms with Gasteiger partial charge in [0.1, 0.15) is 0 Å². The molecule has 0 aliphatic carbocycles. The number of thiazole rings is 1. The Morgan fingerprint density at radius 2 is 1.58 bits per heavy atom. The molecule has 0 fully saturated rings. The second-order valence-electron chi connectivity index (χ2n) is 4.15. The van der Waals surface area contributed by atoms with E-state index in [0.29, 0.717) is 3.79 Å². The van der Waals surface area contributed by atoms with Crippen LogP contribution in [-0.4, -0.2) is 25.9 Å². The molecule has 0 aliphatic rings. The Morgan fingerprint density at radius 3 is 2.00 bits per heavy atom.